The molecule has 84 valence electrons. The van der Waals surface area contributed by atoms with Gasteiger partial charge >= 0.3 is 0 Å². The predicted molar refractivity (Wildman–Crippen MR) is 66.4 cm³/mol. The molecule has 1 aromatic rings. The van der Waals surface area contributed by atoms with Crippen molar-refractivity contribution in [1.82, 2.24) is 0 Å². The fourth-order valence-electron chi connectivity index (χ4n) is 2.66. The van der Waals surface area contributed by atoms with E-state index in [0.29, 0.717) is 6.04 Å². The highest BCUT2D eigenvalue weighted by molar-refractivity contribution is 5.50. The van der Waals surface area contributed by atoms with Crippen LogP contribution in [0.25, 0.3) is 0 Å². The van der Waals surface area contributed by atoms with Crippen LogP contribution >= 0.6 is 0 Å². The predicted octanol–water partition coefficient (Wildman–Crippen LogP) is 3.18. The fourth-order valence-corrected chi connectivity index (χ4v) is 2.66. The van der Waals surface area contributed by atoms with E-state index in [1.54, 1.807) is 0 Å². The lowest BCUT2D eigenvalue weighted by Gasteiger charge is -2.30. The Kier molecular flexibility index (Phi) is 3.14. The normalized spacial score (nSPS) is 24.1. The van der Waals surface area contributed by atoms with Gasteiger partial charge in [0.15, 0.2) is 0 Å². The third-order valence-electron chi connectivity index (χ3n) is 3.72. The molecule has 2 heteroatoms. The topological polar surface area (TPSA) is 27.0 Å². The molecular weight excluding hydrogens is 196 g/mol. The maximum absolute atomic E-state index is 8.76. The Labute approximate surface area is 97.5 Å². The average molecular weight is 214 g/mol. The molecule has 2 rings (SSSR count). The summed E-state index contributed by atoms with van der Waals surface area (Å²) in [5.41, 5.74) is 1.95. The summed E-state index contributed by atoms with van der Waals surface area (Å²) >= 11 is 0. The molecule has 0 saturated heterocycles. The standard InChI is InChI=1S/C14H18N2/c1-11-4-3-5-14(11)16(2)13-8-6-12(10-15)7-9-13/h6-9,11,14H,3-5H2,1-2H3. The van der Waals surface area contributed by atoms with Crippen LogP contribution in [-0.4, -0.2) is 13.1 Å². The molecule has 2 unspecified atom stereocenters. The SMILES string of the molecule is CC1CCCC1N(C)c1ccc(C#N)cc1. The first-order valence-electron chi connectivity index (χ1n) is 5.95. The first kappa shape index (κ1) is 11.0. The van der Waals surface area contributed by atoms with Gasteiger partial charge in [-0.3, -0.25) is 0 Å². The minimum absolute atomic E-state index is 0.660. The summed E-state index contributed by atoms with van der Waals surface area (Å²) in [6, 6.07) is 10.7. The monoisotopic (exact) mass is 214 g/mol. The summed E-state index contributed by atoms with van der Waals surface area (Å²) < 4.78 is 0. The molecule has 0 bridgehead atoms. The lowest BCUT2D eigenvalue weighted by Crippen LogP contribution is -2.33. The van der Waals surface area contributed by atoms with E-state index < -0.39 is 0 Å². The van der Waals surface area contributed by atoms with Gasteiger partial charge < -0.3 is 4.90 Å². The van der Waals surface area contributed by atoms with Crippen molar-refractivity contribution < 1.29 is 0 Å². The van der Waals surface area contributed by atoms with E-state index >= 15 is 0 Å². The van der Waals surface area contributed by atoms with Crippen molar-refractivity contribution in [1.29, 1.82) is 5.26 Å². The van der Waals surface area contributed by atoms with Crippen molar-refractivity contribution in [3.8, 4) is 6.07 Å². The van der Waals surface area contributed by atoms with E-state index in [9.17, 15) is 0 Å². The minimum atomic E-state index is 0.660. The first-order valence-corrected chi connectivity index (χ1v) is 5.95. The van der Waals surface area contributed by atoms with Gasteiger partial charge in [0.05, 0.1) is 11.6 Å². The Balaban J connectivity index is 2.14. The third kappa shape index (κ3) is 2.04. The third-order valence-corrected chi connectivity index (χ3v) is 3.72. The van der Waals surface area contributed by atoms with Gasteiger partial charge in [0.1, 0.15) is 0 Å². The zero-order valence-corrected chi connectivity index (χ0v) is 9.98. The highest BCUT2D eigenvalue weighted by Gasteiger charge is 2.26. The Bertz CT molecular complexity index is 388. The molecule has 1 saturated carbocycles. The van der Waals surface area contributed by atoms with Crippen LogP contribution in [0.5, 0.6) is 0 Å². The van der Waals surface area contributed by atoms with Crippen LogP contribution in [0.1, 0.15) is 31.7 Å². The molecule has 0 spiro atoms. The van der Waals surface area contributed by atoms with Gasteiger partial charge in [0.25, 0.3) is 0 Å². The zero-order valence-electron chi connectivity index (χ0n) is 9.98. The molecule has 1 aliphatic rings. The average Bonchev–Trinajstić information content (AvgIpc) is 2.75. The van der Waals surface area contributed by atoms with Gasteiger partial charge in [-0.05, 0) is 43.0 Å². The number of nitriles is 1. The van der Waals surface area contributed by atoms with Crippen LogP contribution in [0.3, 0.4) is 0 Å². The van der Waals surface area contributed by atoms with Crippen molar-refractivity contribution in [2.45, 2.75) is 32.2 Å². The summed E-state index contributed by atoms with van der Waals surface area (Å²) in [5, 5.41) is 8.76. The van der Waals surface area contributed by atoms with E-state index in [1.165, 1.54) is 24.9 Å². The van der Waals surface area contributed by atoms with Crippen molar-refractivity contribution in [3.63, 3.8) is 0 Å². The summed E-state index contributed by atoms with van der Waals surface area (Å²) in [5.74, 6) is 0.778. The summed E-state index contributed by atoms with van der Waals surface area (Å²) in [6.07, 6.45) is 3.97. The van der Waals surface area contributed by atoms with Gasteiger partial charge in [0, 0.05) is 18.8 Å². The van der Waals surface area contributed by atoms with E-state index in [1.807, 2.05) is 24.3 Å². The van der Waals surface area contributed by atoms with Crippen molar-refractivity contribution in [3.05, 3.63) is 29.8 Å². The number of rotatable bonds is 2. The molecule has 0 aliphatic heterocycles. The van der Waals surface area contributed by atoms with Crippen molar-refractivity contribution in [2.75, 3.05) is 11.9 Å². The van der Waals surface area contributed by atoms with Crippen LogP contribution < -0.4 is 4.90 Å². The minimum Gasteiger partial charge on any atom is -0.371 e. The molecule has 0 radical (unpaired) electrons. The van der Waals surface area contributed by atoms with Gasteiger partial charge in [0.2, 0.25) is 0 Å². The molecule has 0 heterocycles. The van der Waals surface area contributed by atoms with Crippen molar-refractivity contribution in [2.24, 2.45) is 5.92 Å². The number of anilines is 1. The van der Waals surface area contributed by atoms with E-state index in [2.05, 4.69) is 24.9 Å². The molecule has 1 aliphatic carbocycles. The second-order valence-corrected chi connectivity index (χ2v) is 4.75. The maximum Gasteiger partial charge on any atom is 0.0991 e. The van der Waals surface area contributed by atoms with Crippen LogP contribution in [-0.2, 0) is 0 Å². The molecule has 0 N–H and O–H groups in total. The van der Waals surface area contributed by atoms with Crippen LogP contribution in [0.15, 0.2) is 24.3 Å². The lowest BCUT2D eigenvalue weighted by atomic mass is 10.0. The van der Waals surface area contributed by atoms with Gasteiger partial charge in [-0.25, -0.2) is 0 Å². The zero-order chi connectivity index (χ0) is 11.5. The Morgan fingerprint density at radius 1 is 1.25 bits per heavy atom. The molecule has 1 fully saturated rings. The second kappa shape index (κ2) is 4.57. The van der Waals surface area contributed by atoms with Crippen LogP contribution in [0.4, 0.5) is 5.69 Å². The largest absolute Gasteiger partial charge is 0.371 e. The number of nitrogens with zero attached hydrogens (tertiary/aromatic N) is 2. The van der Waals surface area contributed by atoms with Gasteiger partial charge in [-0.1, -0.05) is 13.3 Å². The molecule has 2 nitrogen and oxygen atoms in total. The molecule has 1 aromatic carbocycles. The molecular formula is C14H18N2. The summed E-state index contributed by atoms with van der Waals surface area (Å²) in [4.78, 5) is 2.36. The van der Waals surface area contributed by atoms with E-state index in [0.717, 1.165) is 11.5 Å². The van der Waals surface area contributed by atoms with E-state index in [4.69, 9.17) is 5.26 Å². The maximum atomic E-state index is 8.76. The van der Waals surface area contributed by atoms with Gasteiger partial charge in [-0.15, -0.1) is 0 Å². The number of benzene rings is 1. The lowest BCUT2D eigenvalue weighted by molar-refractivity contribution is 0.505. The van der Waals surface area contributed by atoms with E-state index in [-0.39, 0.29) is 0 Å². The molecule has 16 heavy (non-hydrogen) atoms. The highest BCUT2D eigenvalue weighted by Crippen LogP contribution is 2.31. The van der Waals surface area contributed by atoms with Crippen LogP contribution in [0, 0.1) is 17.2 Å². The summed E-state index contributed by atoms with van der Waals surface area (Å²) in [7, 11) is 2.16. The summed E-state index contributed by atoms with van der Waals surface area (Å²) in [6.45, 7) is 2.33. The number of hydrogen-bond acceptors (Lipinski definition) is 2. The van der Waals surface area contributed by atoms with Gasteiger partial charge in [-0.2, -0.15) is 5.26 Å². The molecule has 2 atom stereocenters. The Morgan fingerprint density at radius 2 is 1.94 bits per heavy atom. The smallest absolute Gasteiger partial charge is 0.0991 e. The molecule has 0 aromatic heterocycles. The Hall–Kier alpha value is -1.49. The van der Waals surface area contributed by atoms with Crippen molar-refractivity contribution >= 4 is 5.69 Å². The number of hydrogen-bond donors (Lipinski definition) is 0. The quantitative estimate of drug-likeness (QED) is 0.756. The first-order chi connectivity index (χ1) is 7.72. The fraction of sp³-hybridized carbons (Fsp3) is 0.500. The molecule has 0 amide bonds. The highest BCUT2D eigenvalue weighted by atomic mass is 15.1. The van der Waals surface area contributed by atoms with Crippen LogP contribution in [0.2, 0.25) is 0 Å². The Morgan fingerprint density at radius 3 is 2.44 bits per heavy atom. The second-order valence-electron chi connectivity index (χ2n) is 4.75.